The Morgan fingerprint density at radius 3 is 2.75 bits per heavy atom. The highest BCUT2D eigenvalue weighted by molar-refractivity contribution is 5.88. The Hall–Kier alpha value is -0.320. The van der Waals surface area contributed by atoms with E-state index in [1.165, 1.54) is 6.42 Å². The van der Waals surface area contributed by atoms with Crippen LogP contribution >= 0.6 is 12.4 Å². The first-order valence-electron chi connectivity index (χ1n) is 5.76. The van der Waals surface area contributed by atoms with E-state index in [0.717, 1.165) is 32.2 Å². The van der Waals surface area contributed by atoms with Crippen LogP contribution in [0.4, 0.5) is 0 Å². The summed E-state index contributed by atoms with van der Waals surface area (Å²) in [7, 11) is 1.75. The third kappa shape index (κ3) is 2.87. The predicted octanol–water partition coefficient (Wildman–Crippen LogP) is 0.831. The largest absolute Gasteiger partial charge is 0.381 e. The van der Waals surface area contributed by atoms with Crippen LogP contribution in [0, 0.1) is 5.92 Å². The topological polar surface area (TPSA) is 64.3 Å². The molecule has 2 unspecified atom stereocenters. The average Bonchev–Trinajstić information content (AvgIpc) is 2.83. The van der Waals surface area contributed by atoms with Crippen molar-refractivity contribution in [2.75, 3.05) is 13.7 Å². The Labute approximate surface area is 103 Å². The quantitative estimate of drug-likeness (QED) is 0.775. The maximum Gasteiger partial charge on any atom is 0.240 e. The number of hydrogen-bond donors (Lipinski definition) is 2. The van der Waals surface area contributed by atoms with E-state index < -0.39 is 5.54 Å². The monoisotopic (exact) mass is 248 g/mol. The summed E-state index contributed by atoms with van der Waals surface area (Å²) < 4.78 is 5.37. The highest BCUT2D eigenvalue weighted by Gasteiger charge is 2.46. The molecule has 0 aliphatic heterocycles. The summed E-state index contributed by atoms with van der Waals surface area (Å²) in [6, 6.07) is 0. The lowest BCUT2D eigenvalue weighted by atomic mass is 10.1. The number of nitrogens with one attached hydrogen (secondary N) is 1. The van der Waals surface area contributed by atoms with Crippen molar-refractivity contribution in [3.63, 3.8) is 0 Å². The Kier molecular flexibility index (Phi) is 4.59. The smallest absolute Gasteiger partial charge is 0.240 e. The first-order chi connectivity index (χ1) is 7.15. The molecule has 1 amide bonds. The van der Waals surface area contributed by atoms with Gasteiger partial charge >= 0.3 is 0 Å². The van der Waals surface area contributed by atoms with Crippen molar-refractivity contribution in [2.45, 2.75) is 43.7 Å². The molecule has 16 heavy (non-hydrogen) atoms. The summed E-state index contributed by atoms with van der Waals surface area (Å²) in [6.45, 7) is 0.719. The highest BCUT2D eigenvalue weighted by atomic mass is 35.5. The van der Waals surface area contributed by atoms with Crippen LogP contribution in [-0.2, 0) is 9.53 Å². The second-order valence-electron chi connectivity index (χ2n) is 4.83. The van der Waals surface area contributed by atoms with Gasteiger partial charge in [0.1, 0.15) is 0 Å². The van der Waals surface area contributed by atoms with Crippen LogP contribution in [0.25, 0.3) is 0 Å². The first kappa shape index (κ1) is 13.7. The summed E-state index contributed by atoms with van der Waals surface area (Å²) in [5.74, 6) is 0.491. The molecule has 2 fully saturated rings. The van der Waals surface area contributed by atoms with E-state index in [0.29, 0.717) is 12.0 Å². The zero-order valence-corrected chi connectivity index (χ0v) is 10.5. The molecule has 94 valence electrons. The van der Waals surface area contributed by atoms with Gasteiger partial charge in [-0.3, -0.25) is 4.79 Å². The maximum absolute atomic E-state index is 11.6. The molecule has 0 saturated heterocycles. The van der Waals surface area contributed by atoms with Crippen LogP contribution in [0.2, 0.25) is 0 Å². The van der Waals surface area contributed by atoms with Crippen LogP contribution in [0.1, 0.15) is 32.1 Å². The van der Waals surface area contributed by atoms with Crippen LogP contribution < -0.4 is 11.1 Å². The number of amides is 1. The molecule has 0 bridgehead atoms. The van der Waals surface area contributed by atoms with Gasteiger partial charge in [-0.15, -0.1) is 12.4 Å². The molecule has 0 heterocycles. The van der Waals surface area contributed by atoms with Gasteiger partial charge in [0, 0.05) is 19.6 Å². The fraction of sp³-hybridized carbons (Fsp3) is 0.909. The fourth-order valence-corrected chi connectivity index (χ4v) is 2.31. The summed E-state index contributed by atoms with van der Waals surface area (Å²) in [5, 5.41) is 2.95. The molecule has 0 aromatic heterocycles. The third-order valence-corrected chi connectivity index (χ3v) is 3.66. The van der Waals surface area contributed by atoms with Gasteiger partial charge in [0.2, 0.25) is 5.91 Å². The van der Waals surface area contributed by atoms with Crippen molar-refractivity contribution < 1.29 is 9.53 Å². The number of rotatable bonds is 4. The zero-order valence-electron chi connectivity index (χ0n) is 9.70. The summed E-state index contributed by atoms with van der Waals surface area (Å²) in [6.07, 6.45) is 5.45. The molecule has 4 nitrogen and oxygen atoms in total. The van der Waals surface area contributed by atoms with E-state index in [1.54, 1.807) is 7.11 Å². The Bertz CT molecular complexity index is 256. The molecule has 2 aliphatic carbocycles. The lowest BCUT2D eigenvalue weighted by Gasteiger charge is -2.19. The van der Waals surface area contributed by atoms with Crippen molar-refractivity contribution in [1.82, 2.24) is 5.32 Å². The number of carbonyl (C=O) groups excluding carboxylic acids is 1. The molecule has 0 aromatic rings. The highest BCUT2D eigenvalue weighted by Crippen LogP contribution is 2.32. The lowest BCUT2D eigenvalue weighted by Crippen LogP contribution is -2.45. The molecular weight excluding hydrogens is 228 g/mol. The van der Waals surface area contributed by atoms with Crippen LogP contribution in [0.5, 0.6) is 0 Å². The lowest BCUT2D eigenvalue weighted by molar-refractivity contribution is -0.123. The maximum atomic E-state index is 11.6. The zero-order chi connectivity index (χ0) is 10.9. The Balaban J connectivity index is 0.00000128. The second kappa shape index (κ2) is 5.34. The molecule has 2 rings (SSSR count). The average molecular weight is 249 g/mol. The Morgan fingerprint density at radius 2 is 2.19 bits per heavy atom. The van der Waals surface area contributed by atoms with Gasteiger partial charge in [-0.25, -0.2) is 0 Å². The minimum absolute atomic E-state index is 0. The van der Waals surface area contributed by atoms with Crippen LogP contribution in [0.3, 0.4) is 0 Å². The second-order valence-corrected chi connectivity index (χ2v) is 4.83. The van der Waals surface area contributed by atoms with Crippen LogP contribution in [0.15, 0.2) is 0 Å². The van der Waals surface area contributed by atoms with Crippen molar-refractivity contribution in [3.8, 4) is 0 Å². The SMILES string of the molecule is COC1CCCC1CNC(=O)C1(N)CC1.Cl. The van der Waals surface area contributed by atoms with Gasteiger partial charge in [0.05, 0.1) is 11.6 Å². The number of nitrogens with two attached hydrogens (primary N) is 1. The summed E-state index contributed by atoms with van der Waals surface area (Å²) >= 11 is 0. The molecule has 0 aromatic carbocycles. The number of halogens is 1. The molecule has 2 aliphatic rings. The van der Waals surface area contributed by atoms with E-state index in [9.17, 15) is 4.79 Å². The normalized spacial score (nSPS) is 30.6. The van der Waals surface area contributed by atoms with E-state index in [2.05, 4.69) is 5.32 Å². The van der Waals surface area contributed by atoms with Gasteiger partial charge < -0.3 is 15.8 Å². The molecule has 2 atom stereocenters. The molecule has 5 heteroatoms. The van der Waals surface area contributed by atoms with Crippen molar-refractivity contribution >= 4 is 18.3 Å². The standard InChI is InChI=1S/C11H20N2O2.ClH/c1-15-9-4-2-3-8(9)7-13-10(14)11(12)5-6-11;/h8-9H,2-7,12H2,1H3,(H,13,14);1H. The van der Waals surface area contributed by atoms with Gasteiger partial charge in [0.15, 0.2) is 0 Å². The third-order valence-electron chi connectivity index (χ3n) is 3.66. The van der Waals surface area contributed by atoms with E-state index in [1.807, 2.05) is 0 Å². The number of hydrogen-bond acceptors (Lipinski definition) is 3. The first-order valence-corrected chi connectivity index (χ1v) is 5.76. The van der Waals surface area contributed by atoms with E-state index >= 15 is 0 Å². The van der Waals surface area contributed by atoms with Gasteiger partial charge in [-0.2, -0.15) is 0 Å². The minimum atomic E-state index is -0.541. The molecule has 2 saturated carbocycles. The van der Waals surface area contributed by atoms with Gasteiger partial charge in [0.25, 0.3) is 0 Å². The molecule has 0 spiro atoms. The van der Waals surface area contributed by atoms with E-state index in [-0.39, 0.29) is 18.3 Å². The van der Waals surface area contributed by atoms with Crippen molar-refractivity contribution in [1.29, 1.82) is 0 Å². The molecular formula is C11H21ClN2O2. The summed E-state index contributed by atoms with van der Waals surface area (Å²) in [4.78, 5) is 11.6. The summed E-state index contributed by atoms with van der Waals surface area (Å²) in [5.41, 5.74) is 5.26. The molecule has 0 radical (unpaired) electrons. The van der Waals surface area contributed by atoms with E-state index in [4.69, 9.17) is 10.5 Å². The Morgan fingerprint density at radius 1 is 1.50 bits per heavy atom. The van der Waals surface area contributed by atoms with Gasteiger partial charge in [-0.05, 0) is 25.7 Å². The van der Waals surface area contributed by atoms with Gasteiger partial charge in [-0.1, -0.05) is 6.42 Å². The minimum Gasteiger partial charge on any atom is -0.381 e. The number of carbonyl (C=O) groups is 1. The number of ether oxygens (including phenoxy) is 1. The van der Waals surface area contributed by atoms with Crippen LogP contribution in [-0.4, -0.2) is 31.2 Å². The predicted molar refractivity (Wildman–Crippen MR) is 64.5 cm³/mol. The van der Waals surface area contributed by atoms with Crippen molar-refractivity contribution in [3.05, 3.63) is 0 Å². The number of methoxy groups -OCH3 is 1. The molecule has 3 N–H and O–H groups in total. The fourth-order valence-electron chi connectivity index (χ4n) is 2.31. The van der Waals surface area contributed by atoms with Crippen molar-refractivity contribution in [2.24, 2.45) is 11.7 Å².